The Labute approximate surface area is 112 Å². The lowest BCUT2D eigenvalue weighted by Gasteiger charge is -2.20. The predicted molar refractivity (Wildman–Crippen MR) is 75.5 cm³/mol. The zero-order valence-corrected chi connectivity index (χ0v) is 10.9. The number of pyridine rings is 1. The summed E-state index contributed by atoms with van der Waals surface area (Å²) in [7, 11) is 0. The molecule has 0 amide bonds. The molecule has 3 rings (SSSR count). The van der Waals surface area contributed by atoms with Crippen LogP contribution in [0.1, 0.15) is 12.5 Å². The maximum absolute atomic E-state index is 13.4. The molecule has 0 unspecified atom stereocenters. The van der Waals surface area contributed by atoms with Crippen molar-refractivity contribution in [3.8, 4) is 0 Å². The van der Waals surface area contributed by atoms with Crippen LogP contribution in [0.25, 0.3) is 0 Å². The van der Waals surface area contributed by atoms with Gasteiger partial charge in [-0.15, -0.1) is 0 Å². The number of rotatable bonds is 3. The van der Waals surface area contributed by atoms with E-state index >= 15 is 0 Å². The van der Waals surface area contributed by atoms with Crippen molar-refractivity contribution in [2.75, 3.05) is 23.3 Å². The highest BCUT2D eigenvalue weighted by Crippen LogP contribution is 2.35. The van der Waals surface area contributed by atoms with Gasteiger partial charge < -0.3 is 10.2 Å². The molecule has 0 fully saturated rings. The van der Waals surface area contributed by atoms with E-state index in [1.54, 1.807) is 12.3 Å². The Bertz CT molecular complexity index is 598. The third-order valence-electron chi connectivity index (χ3n) is 3.36. The minimum atomic E-state index is -0.188. The first-order chi connectivity index (χ1) is 9.28. The fraction of sp³-hybridized carbons (Fsp3) is 0.267. The topological polar surface area (TPSA) is 28.2 Å². The zero-order valence-electron chi connectivity index (χ0n) is 10.9. The Balaban J connectivity index is 1.96. The Morgan fingerprint density at radius 1 is 1.32 bits per heavy atom. The van der Waals surface area contributed by atoms with Crippen molar-refractivity contribution in [3.63, 3.8) is 0 Å². The number of hydrogen-bond donors (Lipinski definition) is 1. The Morgan fingerprint density at radius 3 is 3.05 bits per heavy atom. The van der Waals surface area contributed by atoms with E-state index in [4.69, 9.17) is 0 Å². The molecule has 1 aliphatic rings. The SMILES string of the molecule is CCNc1cc(N2CCc3ccc(F)cc32)ccn1. The van der Waals surface area contributed by atoms with Crippen molar-refractivity contribution in [2.24, 2.45) is 0 Å². The summed E-state index contributed by atoms with van der Waals surface area (Å²) in [5, 5.41) is 3.19. The molecule has 1 N–H and O–H groups in total. The molecule has 0 saturated carbocycles. The van der Waals surface area contributed by atoms with Gasteiger partial charge in [0, 0.05) is 36.7 Å². The third kappa shape index (κ3) is 2.26. The highest BCUT2D eigenvalue weighted by atomic mass is 19.1. The van der Waals surface area contributed by atoms with Crippen LogP contribution in [-0.4, -0.2) is 18.1 Å². The van der Waals surface area contributed by atoms with Gasteiger partial charge in [-0.3, -0.25) is 0 Å². The predicted octanol–water partition coefficient (Wildman–Crippen LogP) is 3.35. The first kappa shape index (κ1) is 12.0. The van der Waals surface area contributed by atoms with Crippen molar-refractivity contribution in [1.29, 1.82) is 0 Å². The maximum atomic E-state index is 13.4. The number of anilines is 3. The molecule has 1 aliphatic heterocycles. The third-order valence-corrected chi connectivity index (χ3v) is 3.36. The van der Waals surface area contributed by atoms with E-state index < -0.39 is 0 Å². The normalized spacial score (nSPS) is 13.5. The largest absolute Gasteiger partial charge is 0.370 e. The van der Waals surface area contributed by atoms with Gasteiger partial charge in [0.25, 0.3) is 0 Å². The lowest BCUT2D eigenvalue weighted by molar-refractivity contribution is 0.628. The summed E-state index contributed by atoms with van der Waals surface area (Å²) in [6, 6.07) is 8.97. The highest BCUT2D eigenvalue weighted by molar-refractivity contribution is 5.71. The van der Waals surface area contributed by atoms with Crippen LogP contribution in [0.4, 0.5) is 21.6 Å². The summed E-state index contributed by atoms with van der Waals surface area (Å²) >= 11 is 0. The molecule has 0 aliphatic carbocycles. The van der Waals surface area contributed by atoms with Crippen LogP contribution < -0.4 is 10.2 Å². The minimum Gasteiger partial charge on any atom is -0.370 e. The lowest BCUT2D eigenvalue weighted by atomic mass is 10.1. The zero-order chi connectivity index (χ0) is 13.2. The van der Waals surface area contributed by atoms with Crippen LogP contribution in [0.15, 0.2) is 36.5 Å². The molecule has 0 bridgehead atoms. The second kappa shape index (κ2) is 4.88. The molecule has 0 saturated heterocycles. The van der Waals surface area contributed by atoms with Crippen molar-refractivity contribution >= 4 is 17.2 Å². The number of nitrogens with zero attached hydrogens (tertiary/aromatic N) is 2. The molecule has 3 nitrogen and oxygen atoms in total. The maximum Gasteiger partial charge on any atom is 0.127 e. The number of aromatic nitrogens is 1. The van der Waals surface area contributed by atoms with E-state index in [2.05, 4.69) is 15.2 Å². The van der Waals surface area contributed by atoms with Crippen LogP contribution in [-0.2, 0) is 6.42 Å². The average molecular weight is 257 g/mol. The van der Waals surface area contributed by atoms with Gasteiger partial charge in [0.15, 0.2) is 0 Å². The molecule has 98 valence electrons. The van der Waals surface area contributed by atoms with Crippen molar-refractivity contribution in [2.45, 2.75) is 13.3 Å². The first-order valence-corrected chi connectivity index (χ1v) is 6.54. The van der Waals surface area contributed by atoms with Crippen molar-refractivity contribution < 1.29 is 4.39 Å². The fourth-order valence-corrected chi connectivity index (χ4v) is 2.49. The molecule has 0 radical (unpaired) electrons. The van der Waals surface area contributed by atoms with Gasteiger partial charge in [0.2, 0.25) is 0 Å². The monoisotopic (exact) mass is 257 g/mol. The standard InChI is InChI=1S/C15H16FN3/c1-2-17-15-10-13(5-7-18-15)19-8-6-11-3-4-12(16)9-14(11)19/h3-5,7,9-10H,2,6,8H2,1H3,(H,17,18). The molecule has 1 aromatic heterocycles. The van der Waals surface area contributed by atoms with E-state index in [1.165, 1.54) is 11.6 Å². The van der Waals surface area contributed by atoms with Crippen LogP contribution in [0.3, 0.4) is 0 Å². The second-order valence-electron chi connectivity index (χ2n) is 4.60. The summed E-state index contributed by atoms with van der Waals surface area (Å²) in [6.45, 7) is 3.75. The quantitative estimate of drug-likeness (QED) is 0.914. The Morgan fingerprint density at radius 2 is 2.21 bits per heavy atom. The van der Waals surface area contributed by atoms with Gasteiger partial charge in [0.05, 0.1) is 0 Å². The summed E-state index contributed by atoms with van der Waals surface area (Å²) in [5.41, 5.74) is 3.21. The minimum absolute atomic E-state index is 0.188. The Hall–Kier alpha value is -2.10. The van der Waals surface area contributed by atoms with Gasteiger partial charge in [-0.25, -0.2) is 9.37 Å². The van der Waals surface area contributed by atoms with E-state index in [0.29, 0.717) is 0 Å². The number of hydrogen-bond acceptors (Lipinski definition) is 3. The number of benzene rings is 1. The first-order valence-electron chi connectivity index (χ1n) is 6.54. The van der Waals surface area contributed by atoms with Gasteiger partial charge in [0.1, 0.15) is 11.6 Å². The van der Waals surface area contributed by atoms with Gasteiger partial charge in [-0.05, 0) is 37.1 Å². The molecule has 19 heavy (non-hydrogen) atoms. The molecule has 1 aromatic carbocycles. The molecule has 4 heteroatoms. The van der Waals surface area contributed by atoms with E-state index in [9.17, 15) is 4.39 Å². The van der Waals surface area contributed by atoms with Crippen LogP contribution in [0.2, 0.25) is 0 Å². The second-order valence-corrected chi connectivity index (χ2v) is 4.60. The van der Waals surface area contributed by atoms with Crippen LogP contribution in [0, 0.1) is 5.82 Å². The lowest BCUT2D eigenvalue weighted by Crippen LogP contribution is -2.14. The van der Waals surface area contributed by atoms with E-state index in [0.717, 1.165) is 36.7 Å². The summed E-state index contributed by atoms with van der Waals surface area (Å²) in [6.07, 6.45) is 2.74. The van der Waals surface area contributed by atoms with Crippen molar-refractivity contribution in [3.05, 3.63) is 47.9 Å². The van der Waals surface area contributed by atoms with Crippen LogP contribution >= 0.6 is 0 Å². The molecular weight excluding hydrogens is 241 g/mol. The van der Waals surface area contributed by atoms with Crippen molar-refractivity contribution in [1.82, 2.24) is 4.98 Å². The molecular formula is C15H16FN3. The summed E-state index contributed by atoms with van der Waals surface area (Å²) in [5.74, 6) is 0.663. The van der Waals surface area contributed by atoms with E-state index in [1.807, 2.05) is 25.1 Å². The highest BCUT2D eigenvalue weighted by Gasteiger charge is 2.21. The average Bonchev–Trinajstić information content (AvgIpc) is 2.82. The molecule has 2 heterocycles. The number of halogens is 1. The smallest absolute Gasteiger partial charge is 0.127 e. The summed E-state index contributed by atoms with van der Waals surface area (Å²) in [4.78, 5) is 6.40. The number of fused-ring (bicyclic) bond motifs is 1. The van der Waals surface area contributed by atoms with Gasteiger partial charge in [-0.2, -0.15) is 0 Å². The fourth-order valence-electron chi connectivity index (χ4n) is 2.49. The number of nitrogens with one attached hydrogen (secondary N) is 1. The molecule has 0 atom stereocenters. The Kier molecular flexibility index (Phi) is 3.07. The van der Waals surface area contributed by atoms with Gasteiger partial charge >= 0.3 is 0 Å². The van der Waals surface area contributed by atoms with Gasteiger partial charge in [-0.1, -0.05) is 6.07 Å². The van der Waals surface area contributed by atoms with Crippen LogP contribution in [0.5, 0.6) is 0 Å². The molecule has 2 aromatic rings. The molecule has 0 spiro atoms. The van der Waals surface area contributed by atoms with E-state index in [-0.39, 0.29) is 5.82 Å². The summed E-state index contributed by atoms with van der Waals surface area (Å²) < 4.78 is 13.4.